The van der Waals surface area contributed by atoms with Crippen LogP contribution in [0.2, 0.25) is 0 Å². The Labute approximate surface area is 177 Å². The van der Waals surface area contributed by atoms with Crippen molar-refractivity contribution >= 4 is 28.8 Å². The third kappa shape index (κ3) is 4.82. The van der Waals surface area contributed by atoms with Crippen LogP contribution in [-0.2, 0) is 6.42 Å². The molecule has 0 saturated heterocycles. The van der Waals surface area contributed by atoms with E-state index in [1.54, 1.807) is 30.3 Å². The summed E-state index contributed by atoms with van der Waals surface area (Å²) in [5.74, 6) is 0.0280. The molecule has 4 rings (SSSR count). The standard InChI is InChI=1S/C23H19N3O3S/c27-22(24-13-12-16-5-2-1-3-6-16)17-8-10-18(11-9-17)25-23(28)19-15-20(29-26-19)21-7-4-14-30-21/h1-11,14-15H,12-13H2,(H,24,27)(H,25,28). The van der Waals surface area contributed by atoms with Gasteiger partial charge in [0.2, 0.25) is 0 Å². The minimum absolute atomic E-state index is 0.152. The average Bonchev–Trinajstić information content (AvgIpc) is 3.47. The van der Waals surface area contributed by atoms with Crippen molar-refractivity contribution in [3.05, 3.63) is 95.0 Å². The van der Waals surface area contributed by atoms with Crippen molar-refractivity contribution in [1.29, 1.82) is 0 Å². The first-order chi connectivity index (χ1) is 14.7. The van der Waals surface area contributed by atoms with E-state index in [-0.39, 0.29) is 17.5 Å². The summed E-state index contributed by atoms with van der Waals surface area (Å²) in [5.41, 5.74) is 2.47. The topological polar surface area (TPSA) is 84.2 Å². The van der Waals surface area contributed by atoms with Gasteiger partial charge >= 0.3 is 0 Å². The Morgan fingerprint density at radius 2 is 1.73 bits per heavy atom. The van der Waals surface area contributed by atoms with Crippen molar-refractivity contribution in [3.63, 3.8) is 0 Å². The molecular formula is C23H19N3O3S. The molecule has 4 aromatic rings. The molecule has 2 N–H and O–H groups in total. The van der Waals surface area contributed by atoms with E-state index in [1.807, 2.05) is 47.8 Å². The number of nitrogens with one attached hydrogen (secondary N) is 2. The van der Waals surface area contributed by atoms with E-state index in [2.05, 4.69) is 15.8 Å². The monoisotopic (exact) mass is 417 g/mol. The molecule has 0 fully saturated rings. The average molecular weight is 417 g/mol. The number of anilines is 1. The zero-order valence-corrected chi connectivity index (χ0v) is 16.8. The number of carbonyl (C=O) groups is 2. The van der Waals surface area contributed by atoms with Gasteiger partial charge in [-0.05, 0) is 47.7 Å². The fraction of sp³-hybridized carbons (Fsp3) is 0.0870. The van der Waals surface area contributed by atoms with Crippen LogP contribution in [0.25, 0.3) is 10.6 Å². The van der Waals surface area contributed by atoms with Gasteiger partial charge in [-0.25, -0.2) is 0 Å². The smallest absolute Gasteiger partial charge is 0.277 e. The summed E-state index contributed by atoms with van der Waals surface area (Å²) in [7, 11) is 0. The van der Waals surface area contributed by atoms with Crippen LogP contribution in [0.1, 0.15) is 26.4 Å². The Bertz CT molecular complexity index is 1120. The van der Waals surface area contributed by atoms with Crippen LogP contribution in [0.3, 0.4) is 0 Å². The molecule has 2 amide bonds. The zero-order chi connectivity index (χ0) is 20.8. The number of nitrogens with zero attached hydrogens (tertiary/aromatic N) is 1. The lowest BCUT2D eigenvalue weighted by molar-refractivity contribution is 0.0953. The molecule has 0 aliphatic carbocycles. The highest BCUT2D eigenvalue weighted by Gasteiger charge is 2.15. The van der Waals surface area contributed by atoms with Crippen LogP contribution >= 0.6 is 11.3 Å². The summed E-state index contributed by atoms with van der Waals surface area (Å²) >= 11 is 1.51. The van der Waals surface area contributed by atoms with E-state index >= 15 is 0 Å². The maximum Gasteiger partial charge on any atom is 0.277 e. The Morgan fingerprint density at radius 1 is 0.933 bits per heavy atom. The Morgan fingerprint density at radius 3 is 2.47 bits per heavy atom. The highest BCUT2D eigenvalue weighted by Crippen LogP contribution is 2.25. The van der Waals surface area contributed by atoms with Crippen LogP contribution < -0.4 is 10.6 Å². The van der Waals surface area contributed by atoms with Gasteiger partial charge < -0.3 is 15.2 Å². The van der Waals surface area contributed by atoms with Gasteiger partial charge in [-0.1, -0.05) is 41.6 Å². The van der Waals surface area contributed by atoms with Gasteiger partial charge in [0, 0.05) is 23.9 Å². The van der Waals surface area contributed by atoms with E-state index < -0.39 is 0 Å². The third-order valence-corrected chi connectivity index (χ3v) is 5.34. The fourth-order valence-electron chi connectivity index (χ4n) is 2.88. The number of thiophene rings is 1. The van der Waals surface area contributed by atoms with Crippen LogP contribution in [0.5, 0.6) is 0 Å². The van der Waals surface area contributed by atoms with Crippen molar-refractivity contribution in [2.45, 2.75) is 6.42 Å². The SMILES string of the molecule is O=C(NCCc1ccccc1)c1ccc(NC(=O)c2cc(-c3cccs3)on2)cc1. The molecule has 150 valence electrons. The van der Waals surface area contributed by atoms with E-state index in [0.717, 1.165) is 11.3 Å². The molecule has 7 heteroatoms. The van der Waals surface area contributed by atoms with Crippen LogP contribution in [0.15, 0.2) is 82.7 Å². The quantitative estimate of drug-likeness (QED) is 0.459. The second kappa shape index (κ2) is 9.19. The summed E-state index contributed by atoms with van der Waals surface area (Å²) < 4.78 is 5.23. The summed E-state index contributed by atoms with van der Waals surface area (Å²) in [6.45, 7) is 0.556. The van der Waals surface area contributed by atoms with Crippen LogP contribution in [-0.4, -0.2) is 23.5 Å². The van der Waals surface area contributed by atoms with Crippen molar-refractivity contribution in [2.24, 2.45) is 0 Å². The Balaban J connectivity index is 1.31. The lowest BCUT2D eigenvalue weighted by atomic mass is 10.1. The van der Waals surface area contributed by atoms with Crippen molar-refractivity contribution in [3.8, 4) is 10.6 Å². The first-order valence-corrected chi connectivity index (χ1v) is 10.3. The van der Waals surface area contributed by atoms with Gasteiger partial charge in [-0.15, -0.1) is 11.3 Å². The Kier molecular flexibility index (Phi) is 6.01. The summed E-state index contributed by atoms with van der Waals surface area (Å²) in [4.78, 5) is 25.6. The van der Waals surface area contributed by atoms with E-state index in [9.17, 15) is 9.59 Å². The Hall–Kier alpha value is -3.71. The molecule has 0 radical (unpaired) electrons. The maximum atomic E-state index is 12.4. The number of hydrogen-bond donors (Lipinski definition) is 2. The van der Waals surface area contributed by atoms with E-state index in [4.69, 9.17) is 4.52 Å². The second-order valence-corrected chi connectivity index (χ2v) is 7.52. The number of carbonyl (C=O) groups excluding carboxylic acids is 2. The van der Waals surface area contributed by atoms with Crippen molar-refractivity contribution in [2.75, 3.05) is 11.9 Å². The third-order valence-electron chi connectivity index (χ3n) is 4.45. The van der Waals surface area contributed by atoms with Gasteiger partial charge in [0.05, 0.1) is 4.88 Å². The molecule has 0 bridgehead atoms. The predicted octanol–water partition coefficient (Wildman–Crippen LogP) is 4.63. The predicted molar refractivity (Wildman–Crippen MR) is 117 cm³/mol. The van der Waals surface area contributed by atoms with Crippen molar-refractivity contribution < 1.29 is 14.1 Å². The minimum Gasteiger partial charge on any atom is -0.355 e. The van der Waals surface area contributed by atoms with Gasteiger partial charge in [0.1, 0.15) is 0 Å². The minimum atomic E-state index is -0.374. The first kappa shape index (κ1) is 19.6. The van der Waals surface area contributed by atoms with Gasteiger partial charge in [-0.3, -0.25) is 9.59 Å². The molecule has 2 aromatic carbocycles. The summed E-state index contributed by atoms with van der Waals surface area (Å²) in [5, 5.41) is 11.4. The first-order valence-electron chi connectivity index (χ1n) is 9.43. The van der Waals surface area contributed by atoms with E-state index in [1.165, 1.54) is 16.9 Å². The van der Waals surface area contributed by atoms with Gasteiger partial charge in [0.15, 0.2) is 11.5 Å². The molecule has 2 aromatic heterocycles. The number of aromatic nitrogens is 1. The highest BCUT2D eigenvalue weighted by atomic mass is 32.1. The second-order valence-electron chi connectivity index (χ2n) is 6.58. The number of amides is 2. The molecule has 0 saturated carbocycles. The highest BCUT2D eigenvalue weighted by molar-refractivity contribution is 7.13. The molecule has 0 unspecified atom stereocenters. The fourth-order valence-corrected chi connectivity index (χ4v) is 3.56. The molecule has 0 atom stereocenters. The number of rotatable bonds is 7. The van der Waals surface area contributed by atoms with Gasteiger partial charge in [-0.2, -0.15) is 0 Å². The van der Waals surface area contributed by atoms with Gasteiger partial charge in [0.25, 0.3) is 11.8 Å². The summed E-state index contributed by atoms with van der Waals surface area (Å²) in [6.07, 6.45) is 0.770. The van der Waals surface area contributed by atoms with Crippen LogP contribution in [0, 0.1) is 0 Å². The summed E-state index contributed by atoms with van der Waals surface area (Å²) in [6, 6.07) is 22.1. The van der Waals surface area contributed by atoms with Crippen LogP contribution in [0.4, 0.5) is 5.69 Å². The molecule has 0 aliphatic heterocycles. The van der Waals surface area contributed by atoms with Crippen molar-refractivity contribution in [1.82, 2.24) is 10.5 Å². The maximum absolute atomic E-state index is 12.4. The van der Waals surface area contributed by atoms with E-state index in [0.29, 0.717) is 23.6 Å². The normalized spacial score (nSPS) is 10.5. The molecule has 2 heterocycles. The molecular weight excluding hydrogens is 398 g/mol. The molecule has 0 spiro atoms. The lowest BCUT2D eigenvalue weighted by Gasteiger charge is -2.07. The number of benzene rings is 2. The molecule has 6 nitrogen and oxygen atoms in total. The largest absolute Gasteiger partial charge is 0.355 e. The number of hydrogen-bond acceptors (Lipinski definition) is 5. The zero-order valence-electron chi connectivity index (χ0n) is 16.0. The molecule has 0 aliphatic rings. The lowest BCUT2D eigenvalue weighted by Crippen LogP contribution is -2.25. The molecule has 30 heavy (non-hydrogen) atoms.